The average molecular weight is 490 g/mol. The van der Waals surface area contributed by atoms with Gasteiger partial charge in [0.25, 0.3) is 0 Å². The molecule has 1 aromatic carbocycles. The maximum Gasteiger partial charge on any atom is 0.120 e. The Bertz CT molecular complexity index is 658. The first-order valence-corrected chi connectivity index (χ1v) is 14.1. The van der Waals surface area contributed by atoms with Gasteiger partial charge in [-0.1, -0.05) is 103 Å². The number of hydrogen-bond donors (Lipinski definition) is 1. The Morgan fingerprint density at radius 2 is 1.34 bits per heavy atom. The van der Waals surface area contributed by atoms with Gasteiger partial charge in [-0.2, -0.15) is 5.26 Å². The summed E-state index contributed by atoms with van der Waals surface area (Å²) in [5.41, 5.74) is 1.38. The van der Waals surface area contributed by atoms with E-state index < -0.39 is 0 Å². The van der Waals surface area contributed by atoms with Crippen molar-refractivity contribution < 1.29 is 19.3 Å². The van der Waals surface area contributed by atoms with Crippen molar-refractivity contribution in [3.8, 4) is 11.8 Å². The van der Waals surface area contributed by atoms with Gasteiger partial charge in [0, 0.05) is 6.61 Å². The molecule has 0 aliphatic carbocycles. The quantitative estimate of drug-likeness (QED) is 0.150. The van der Waals surface area contributed by atoms with Gasteiger partial charge >= 0.3 is 0 Å². The van der Waals surface area contributed by atoms with Gasteiger partial charge in [0.1, 0.15) is 11.9 Å². The van der Waals surface area contributed by atoms with E-state index in [1.54, 1.807) is 19.2 Å². The molecule has 5 nitrogen and oxygen atoms in total. The van der Waals surface area contributed by atoms with Crippen LogP contribution in [-0.4, -0.2) is 38.1 Å². The van der Waals surface area contributed by atoms with Gasteiger partial charge < -0.3 is 19.3 Å². The van der Waals surface area contributed by atoms with Crippen molar-refractivity contribution in [2.24, 2.45) is 0 Å². The smallest absolute Gasteiger partial charge is 0.120 e. The van der Waals surface area contributed by atoms with E-state index in [0.717, 1.165) is 12.0 Å². The summed E-state index contributed by atoms with van der Waals surface area (Å²) in [7, 11) is 1.57. The molecule has 0 spiro atoms. The number of methoxy groups -OCH3 is 1. The molecule has 1 unspecified atom stereocenters. The lowest BCUT2D eigenvalue weighted by atomic mass is 10.0. The van der Waals surface area contributed by atoms with Crippen LogP contribution in [0.1, 0.15) is 121 Å². The van der Waals surface area contributed by atoms with E-state index in [1.165, 1.54) is 96.3 Å². The van der Waals surface area contributed by atoms with Crippen LogP contribution >= 0.6 is 0 Å². The predicted octanol–water partition coefficient (Wildman–Crippen LogP) is 7.72. The molecule has 0 amide bonds. The van der Waals surface area contributed by atoms with Crippen LogP contribution in [-0.2, 0) is 16.1 Å². The van der Waals surface area contributed by atoms with Crippen LogP contribution in [0.4, 0.5) is 0 Å². The Hall–Kier alpha value is -1.61. The first-order chi connectivity index (χ1) is 17.2. The van der Waals surface area contributed by atoms with E-state index in [1.807, 2.05) is 6.07 Å². The van der Waals surface area contributed by atoms with Crippen LogP contribution in [0, 0.1) is 11.3 Å². The Morgan fingerprint density at radius 3 is 1.83 bits per heavy atom. The highest BCUT2D eigenvalue weighted by Gasteiger charge is 2.10. The number of benzene rings is 1. The SMILES string of the molecule is CCCCCCCCCCCCCCCCCCOCC(CO)OCc1cc(C#N)cc(OC)c1. The predicted molar refractivity (Wildman–Crippen MR) is 144 cm³/mol. The number of ether oxygens (including phenoxy) is 3. The molecule has 1 N–H and O–H groups in total. The van der Waals surface area contributed by atoms with Crippen LogP contribution in [0.15, 0.2) is 18.2 Å². The van der Waals surface area contributed by atoms with Gasteiger partial charge in [-0.15, -0.1) is 0 Å². The van der Waals surface area contributed by atoms with Crippen LogP contribution in [0.3, 0.4) is 0 Å². The molecule has 1 rings (SSSR count). The van der Waals surface area contributed by atoms with Crippen molar-refractivity contribution >= 4 is 0 Å². The lowest BCUT2D eigenvalue weighted by Crippen LogP contribution is -2.24. The van der Waals surface area contributed by atoms with Crippen LogP contribution in [0.5, 0.6) is 5.75 Å². The van der Waals surface area contributed by atoms with Crippen LogP contribution in [0.25, 0.3) is 0 Å². The summed E-state index contributed by atoms with van der Waals surface area (Å²) in [6, 6.07) is 7.42. The van der Waals surface area contributed by atoms with Gasteiger partial charge in [-0.25, -0.2) is 0 Å². The summed E-state index contributed by atoms with van der Waals surface area (Å²) in [6.07, 6.45) is 21.4. The zero-order valence-electron chi connectivity index (χ0n) is 22.6. The highest BCUT2D eigenvalue weighted by Crippen LogP contribution is 2.18. The summed E-state index contributed by atoms with van der Waals surface area (Å²) < 4.78 is 16.7. The molecular weight excluding hydrogens is 438 g/mol. The second-order valence-electron chi connectivity index (χ2n) is 9.68. The number of nitriles is 1. The molecule has 0 heterocycles. The van der Waals surface area contributed by atoms with E-state index >= 15 is 0 Å². The standard InChI is InChI=1S/C30H51NO4/c1-3-4-5-6-7-8-9-10-11-12-13-14-15-16-17-18-19-34-26-30(24-32)35-25-28-20-27(23-31)21-29(22-28)33-2/h20-22,30,32H,3-19,24-26H2,1-2H3. The molecule has 0 bridgehead atoms. The zero-order chi connectivity index (χ0) is 25.4. The molecule has 35 heavy (non-hydrogen) atoms. The lowest BCUT2D eigenvalue weighted by molar-refractivity contribution is -0.0502. The Balaban J connectivity index is 1.93. The summed E-state index contributed by atoms with van der Waals surface area (Å²) >= 11 is 0. The molecule has 1 atom stereocenters. The topological polar surface area (TPSA) is 71.7 Å². The molecule has 0 saturated carbocycles. The maximum atomic E-state index is 9.57. The minimum absolute atomic E-state index is 0.0893. The van der Waals surface area contributed by atoms with E-state index in [2.05, 4.69) is 13.0 Å². The van der Waals surface area contributed by atoms with Crippen molar-refractivity contribution in [2.45, 2.75) is 122 Å². The molecule has 0 aromatic heterocycles. The van der Waals surface area contributed by atoms with Crippen LogP contribution in [0.2, 0.25) is 0 Å². The highest BCUT2D eigenvalue weighted by atomic mass is 16.5. The van der Waals surface area contributed by atoms with E-state index in [-0.39, 0.29) is 12.7 Å². The monoisotopic (exact) mass is 489 g/mol. The zero-order valence-corrected chi connectivity index (χ0v) is 22.6. The molecule has 0 fully saturated rings. The number of aliphatic hydroxyl groups excluding tert-OH is 1. The first-order valence-electron chi connectivity index (χ1n) is 14.1. The number of unbranched alkanes of at least 4 members (excludes halogenated alkanes) is 15. The van der Waals surface area contributed by atoms with Crippen molar-refractivity contribution in [3.63, 3.8) is 0 Å². The summed E-state index contributed by atoms with van der Waals surface area (Å²) in [4.78, 5) is 0. The summed E-state index contributed by atoms with van der Waals surface area (Å²) in [6.45, 7) is 3.58. The Kier molecular flexibility index (Phi) is 20.5. The molecule has 0 radical (unpaired) electrons. The minimum Gasteiger partial charge on any atom is -0.497 e. The maximum absolute atomic E-state index is 9.57. The third-order valence-corrected chi connectivity index (χ3v) is 6.47. The van der Waals surface area contributed by atoms with E-state index in [9.17, 15) is 5.11 Å². The molecule has 0 aliphatic rings. The molecule has 0 saturated heterocycles. The third-order valence-electron chi connectivity index (χ3n) is 6.47. The Morgan fingerprint density at radius 1 is 0.800 bits per heavy atom. The fourth-order valence-electron chi connectivity index (χ4n) is 4.26. The van der Waals surface area contributed by atoms with Gasteiger partial charge in [0.2, 0.25) is 0 Å². The van der Waals surface area contributed by atoms with Gasteiger partial charge in [0.15, 0.2) is 0 Å². The van der Waals surface area contributed by atoms with Crippen molar-refractivity contribution in [1.29, 1.82) is 5.26 Å². The second-order valence-corrected chi connectivity index (χ2v) is 9.68. The molecule has 0 aliphatic heterocycles. The van der Waals surface area contributed by atoms with Crippen molar-refractivity contribution in [2.75, 3.05) is 26.9 Å². The second kappa shape index (κ2) is 22.8. The number of rotatable bonds is 24. The minimum atomic E-state index is -0.368. The Labute approximate surface area is 215 Å². The van der Waals surface area contributed by atoms with Crippen molar-refractivity contribution in [3.05, 3.63) is 29.3 Å². The van der Waals surface area contributed by atoms with Gasteiger partial charge in [-0.3, -0.25) is 0 Å². The third kappa shape index (κ3) is 17.5. The number of hydrogen-bond acceptors (Lipinski definition) is 5. The van der Waals surface area contributed by atoms with Gasteiger partial charge in [0.05, 0.1) is 38.6 Å². The normalized spacial score (nSPS) is 11.9. The summed E-state index contributed by atoms with van der Waals surface area (Å²) in [5.74, 6) is 0.628. The van der Waals surface area contributed by atoms with E-state index in [0.29, 0.717) is 31.1 Å². The average Bonchev–Trinajstić information content (AvgIpc) is 2.89. The molecule has 200 valence electrons. The largest absolute Gasteiger partial charge is 0.497 e. The number of aliphatic hydroxyl groups is 1. The van der Waals surface area contributed by atoms with Gasteiger partial charge in [-0.05, 0) is 30.2 Å². The molecule has 1 aromatic rings. The fourth-order valence-corrected chi connectivity index (χ4v) is 4.26. The summed E-state index contributed by atoms with van der Waals surface area (Å²) in [5, 5.41) is 18.7. The lowest BCUT2D eigenvalue weighted by Gasteiger charge is -2.16. The van der Waals surface area contributed by atoms with Crippen molar-refractivity contribution in [1.82, 2.24) is 0 Å². The molecular formula is C30H51NO4. The van der Waals surface area contributed by atoms with Crippen LogP contribution < -0.4 is 4.74 Å². The first kappa shape index (κ1) is 31.4. The highest BCUT2D eigenvalue weighted by molar-refractivity contribution is 5.40. The van der Waals surface area contributed by atoms with E-state index in [4.69, 9.17) is 19.5 Å². The molecule has 5 heteroatoms. The number of nitrogens with zero attached hydrogens (tertiary/aromatic N) is 1. The fraction of sp³-hybridized carbons (Fsp3) is 0.767.